The van der Waals surface area contributed by atoms with Crippen LogP contribution in [-0.2, 0) is 7.05 Å². The van der Waals surface area contributed by atoms with Gasteiger partial charge in [0.25, 0.3) is 5.91 Å². The number of carbonyl (C=O) groups is 1. The van der Waals surface area contributed by atoms with Crippen molar-refractivity contribution < 1.29 is 9.53 Å². The number of piperidine rings is 1. The zero-order chi connectivity index (χ0) is 22.0. The number of ether oxygens (including phenoxy) is 1. The van der Waals surface area contributed by atoms with Crippen LogP contribution in [0, 0.1) is 6.92 Å². The Labute approximate surface area is 182 Å². The molecule has 1 atom stereocenters. The highest BCUT2D eigenvalue weighted by Crippen LogP contribution is 2.31. The lowest BCUT2D eigenvalue weighted by atomic mass is 9.92. The second-order valence-electron chi connectivity index (χ2n) is 8.11. The van der Waals surface area contributed by atoms with Crippen LogP contribution in [-0.4, -0.2) is 40.6 Å². The Morgan fingerprint density at radius 2 is 1.97 bits per heavy atom. The number of pyridine rings is 2. The number of benzene rings is 1. The monoisotopic (exact) mass is 417 g/mol. The van der Waals surface area contributed by atoms with Crippen LogP contribution >= 0.6 is 0 Å². The molecule has 1 aliphatic rings. The predicted octanol–water partition coefficient (Wildman–Crippen LogP) is 3.78. The van der Waals surface area contributed by atoms with Gasteiger partial charge < -0.3 is 14.2 Å². The Morgan fingerprint density at radius 3 is 2.74 bits per heavy atom. The zero-order valence-electron chi connectivity index (χ0n) is 18.2. The molecule has 0 unspecified atom stereocenters. The van der Waals surface area contributed by atoms with E-state index in [9.17, 15) is 9.59 Å². The Balaban J connectivity index is 1.59. The summed E-state index contributed by atoms with van der Waals surface area (Å²) in [6.45, 7) is 3.34. The third-order valence-electron chi connectivity index (χ3n) is 5.84. The van der Waals surface area contributed by atoms with Gasteiger partial charge in [0.05, 0.1) is 12.7 Å². The molecule has 0 aliphatic carbocycles. The number of aromatic nitrogens is 2. The van der Waals surface area contributed by atoms with Crippen LogP contribution in [0.15, 0.2) is 59.5 Å². The lowest BCUT2D eigenvalue weighted by Crippen LogP contribution is -2.39. The van der Waals surface area contributed by atoms with Crippen molar-refractivity contribution >= 4 is 5.91 Å². The molecule has 160 valence electrons. The minimum atomic E-state index is -0.123. The molecule has 1 aliphatic heterocycles. The van der Waals surface area contributed by atoms with Crippen LogP contribution in [0.25, 0.3) is 11.1 Å². The molecule has 0 bridgehead atoms. The first-order valence-corrected chi connectivity index (χ1v) is 10.5. The predicted molar refractivity (Wildman–Crippen MR) is 121 cm³/mol. The largest absolute Gasteiger partial charge is 0.497 e. The number of amides is 1. The average molecular weight is 418 g/mol. The standard InChI is InChI=1S/C25H27N3O3/c1-17-12-21(18-6-4-8-22(13-18)31-3)14-23(26-17)19-7-5-11-28(16-19)25(30)20-9-10-24(29)27(2)15-20/h4,6,8-10,12-15,19H,5,7,11,16H2,1-3H3/t19-/m0/s1. The van der Waals surface area contributed by atoms with E-state index in [1.165, 1.54) is 10.6 Å². The van der Waals surface area contributed by atoms with Crippen molar-refractivity contribution in [3.8, 4) is 16.9 Å². The minimum Gasteiger partial charge on any atom is -0.497 e. The van der Waals surface area contributed by atoms with Gasteiger partial charge in [-0.2, -0.15) is 0 Å². The first kappa shape index (κ1) is 20.8. The van der Waals surface area contributed by atoms with Crippen LogP contribution in [0.1, 0.15) is 40.5 Å². The van der Waals surface area contributed by atoms with Crippen LogP contribution in [0.3, 0.4) is 0 Å². The third kappa shape index (κ3) is 4.53. The van der Waals surface area contributed by atoms with Crippen LogP contribution < -0.4 is 10.3 Å². The maximum Gasteiger partial charge on any atom is 0.255 e. The molecule has 1 saturated heterocycles. The number of nitrogens with zero attached hydrogens (tertiary/aromatic N) is 3. The minimum absolute atomic E-state index is 0.0408. The first-order chi connectivity index (χ1) is 14.9. The summed E-state index contributed by atoms with van der Waals surface area (Å²) in [5.74, 6) is 0.954. The highest BCUT2D eigenvalue weighted by Gasteiger charge is 2.27. The van der Waals surface area contributed by atoms with E-state index in [2.05, 4.69) is 18.2 Å². The van der Waals surface area contributed by atoms with Gasteiger partial charge in [-0.15, -0.1) is 0 Å². The molecule has 0 saturated carbocycles. The number of methoxy groups -OCH3 is 1. The SMILES string of the molecule is COc1cccc(-c2cc(C)nc([C@H]3CCCN(C(=O)c4ccc(=O)n(C)c4)C3)c2)c1. The fourth-order valence-electron chi connectivity index (χ4n) is 4.18. The smallest absolute Gasteiger partial charge is 0.255 e. The fraction of sp³-hybridized carbons (Fsp3) is 0.320. The van der Waals surface area contributed by atoms with Gasteiger partial charge in [0, 0.05) is 49.7 Å². The summed E-state index contributed by atoms with van der Waals surface area (Å²) < 4.78 is 6.81. The van der Waals surface area contributed by atoms with E-state index in [0.717, 1.165) is 41.1 Å². The number of rotatable bonds is 4. The van der Waals surface area contributed by atoms with Crippen molar-refractivity contribution in [2.75, 3.05) is 20.2 Å². The molecule has 31 heavy (non-hydrogen) atoms. The normalized spacial score (nSPS) is 16.2. The van der Waals surface area contributed by atoms with E-state index in [1.54, 1.807) is 26.4 Å². The fourth-order valence-corrected chi connectivity index (χ4v) is 4.18. The summed E-state index contributed by atoms with van der Waals surface area (Å²) >= 11 is 0. The summed E-state index contributed by atoms with van der Waals surface area (Å²) in [4.78, 5) is 31.4. The van der Waals surface area contributed by atoms with Crippen molar-refractivity contribution in [1.82, 2.24) is 14.5 Å². The molecule has 2 aromatic heterocycles. The second kappa shape index (κ2) is 8.76. The number of hydrogen-bond acceptors (Lipinski definition) is 4. The Bertz CT molecular complexity index is 1170. The molecule has 0 spiro atoms. The van der Waals surface area contributed by atoms with E-state index in [4.69, 9.17) is 9.72 Å². The van der Waals surface area contributed by atoms with Crippen molar-refractivity contribution in [2.24, 2.45) is 7.05 Å². The van der Waals surface area contributed by atoms with E-state index in [-0.39, 0.29) is 17.4 Å². The van der Waals surface area contributed by atoms with Crippen molar-refractivity contribution in [3.63, 3.8) is 0 Å². The summed E-state index contributed by atoms with van der Waals surface area (Å²) in [5, 5.41) is 0. The average Bonchev–Trinajstić information content (AvgIpc) is 2.80. The maximum absolute atomic E-state index is 13.0. The van der Waals surface area contributed by atoms with E-state index >= 15 is 0 Å². The van der Waals surface area contributed by atoms with Gasteiger partial charge in [-0.05, 0) is 61.2 Å². The molecule has 1 amide bonds. The van der Waals surface area contributed by atoms with Gasteiger partial charge in [-0.25, -0.2) is 0 Å². The molecule has 0 radical (unpaired) electrons. The zero-order valence-corrected chi connectivity index (χ0v) is 18.2. The van der Waals surface area contributed by atoms with Crippen LogP contribution in [0.4, 0.5) is 0 Å². The maximum atomic E-state index is 13.0. The number of hydrogen-bond donors (Lipinski definition) is 0. The summed E-state index contributed by atoms with van der Waals surface area (Å²) in [5.41, 5.74) is 4.56. The topological polar surface area (TPSA) is 64.4 Å². The molecule has 3 heterocycles. The lowest BCUT2D eigenvalue weighted by Gasteiger charge is -2.33. The summed E-state index contributed by atoms with van der Waals surface area (Å²) in [6, 6.07) is 15.3. The molecule has 6 heteroatoms. The van der Waals surface area contributed by atoms with E-state index in [0.29, 0.717) is 18.7 Å². The van der Waals surface area contributed by atoms with Crippen LogP contribution in [0.2, 0.25) is 0 Å². The van der Waals surface area contributed by atoms with Crippen molar-refractivity contribution in [2.45, 2.75) is 25.7 Å². The summed E-state index contributed by atoms with van der Waals surface area (Å²) in [7, 11) is 3.33. The quantitative estimate of drug-likeness (QED) is 0.648. The first-order valence-electron chi connectivity index (χ1n) is 10.5. The lowest BCUT2D eigenvalue weighted by molar-refractivity contribution is 0.0705. The van der Waals surface area contributed by atoms with Crippen molar-refractivity contribution in [3.05, 3.63) is 82.0 Å². The van der Waals surface area contributed by atoms with E-state index < -0.39 is 0 Å². The molecule has 0 N–H and O–H groups in total. The highest BCUT2D eigenvalue weighted by atomic mass is 16.5. The van der Waals surface area contributed by atoms with Gasteiger partial charge in [-0.3, -0.25) is 14.6 Å². The number of carbonyl (C=O) groups excluding carboxylic acids is 1. The van der Waals surface area contributed by atoms with Gasteiger partial charge in [0.1, 0.15) is 5.75 Å². The summed E-state index contributed by atoms with van der Waals surface area (Å²) in [6.07, 6.45) is 3.53. The molecule has 1 fully saturated rings. The molecule has 6 nitrogen and oxygen atoms in total. The molecular weight excluding hydrogens is 390 g/mol. The van der Waals surface area contributed by atoms with Gasteiger partial charge >= 0.3 is 0 Å². The number of aryl methyl sites for hydroxylation is 2. The molecule has 4 rings (SSSR count). The van der Waals surface area contributed by atoms with Gasteiger partial charge in [0.15, 0.2) is 0 Å². The number of likely N-dealkylation sites (tertiary alicyclic amines) is 1. The molecular formula is C25H27N3O3. The third-order valence-corrected chi connectivity index (χ3v) is 5.84. The van der Waals surface area contributed by atoms with Crippen molar-refractivity contribution in [1.29, 1.82) is 0 Å². The van der Waals surface area contributed by atoms with Gasteiger partial charge in [0.2, 0.25) is 5.56 Å². The Hall–Kier alpha value is -3.41. The second-order valence-corrected chi connectivity index (χ2v) is 8.11. The highest BCUT2D eigenvalue weighted by molar-refractivity contribution is 5.94. The van der Waals surface area contributed by atoms with Gasteiger partial charge in [-0.1, -0.05) is 12.1 Å². The molecule has 1 aromatic carbocycles. The Kier molecular flexibility index (Phi) is 5.89. The molecule has 3 aromatic rings. The Morgan fingerprint density at radius 1 is 1.13 bits per heavy atom. The van der Waals surface area contributed by atoms with E-state index in [1.807, 2.05) is 30.0 Å². The van der Waals surface area contributed by atoms with Crippen LogP contribution in [0.5, 0.6) is 5.75 Å².